The quantitative estimate of drug-likeness (QED) is 0.388. The Bertz CT molecular complexity index is 1120. The van der Waals surface area contributed by atoms with Crippen molar-refractivity contribution >= 4 is 22.1 Å². The van der Waals surface area contributed by atoms with Crippen LogP contribution in [0.4, 0.5) is 0 Å². The number of hydrogen-bond donors (Lipinski definition) is 2. The topological polar surface area (TPSA) is 119 Å². The predicted molar refractivity (Wildman–Crippen MR) is 104 cm³/mol. The first-order chi connectivity index (χ1) is 13.3. The van der Waals surface area contributed by atoms with Crippen LogP contribution >= 0.6 is 0 Å². The highest BCUT2D eigenvalue weighted by molar-refractivity contribution is 7.89. The molecular weight excluding hydrogens is 380 g/mol. The Morgan fingerprint density at radius 2 is 1.75 bits per heavy atom. The highest BCUT2D eigenvalue weighted by Gasteiger charge is 2.14. The number of carbonyl (C=O) groups excluding carboxylic acids is 1. The minimum atomic E-state index is -3.79. The summed E-state index contributed by atoms with van der Waals surface area (Å²) in [6.45, 7) is 0. The molecule has 0 aliphatic carbocycles. The third-order valence-electron chi connectivity index (χ3n) is 3.96. The fraction of sp³-hybridized carbons (Fsp3) is 0.0526. The standard InChI is InChI=1S/C19H18N4O4S/c1-22(25)18(24)11-12-23-13-17(14-5-3-2-4-6-14)19(21-23)15-7-9-16(10-8-15)28(20,26)27/h2-13,25H,1H3,(H2,20,26,27)/b12-11+. The molecule has 0 aliphatic heterocycles. The van der Waals surface area contributed by atoms with Crippen molar-refractivity contribution in [1.29, 1.82) is 0 Å². The van der Waals surface area contributed by atoms with Crippen molar-refractivity contribution in [1.82, 2.24) is 14.8 Å². The molecule has 9 heteroatoms. The van der Waals surface area contributed by atoms with Crippen molar-refractivity contribution < 1.29 is 18.4 Å². The number of primary sulfonamides is 1. The largest absolute Gasteiger partial charge is 0.286 e. The Labute approximate surface area is 162 Å². The van der Waals surface area contributed by atoms with E-state index in [2.05, 4.69) is 5.10 Å². The Hall–Kier alpha value is -3.27. The van der Waals surface area contributed by atoms with E-state index in [1.807, 2.05) is 30.3 Å². The van der Waals surface area contributed by atoms with Gasteiger partial charge in [0.25, 0.3) is 5.91 Å². The molecule has 0 bridgehead atoms. The van der Waals surface area contributed by atoms with Crippen LogP contribution in [0, 0.1) is 0 Å². The van der Waals surface area contributed by atoms with Gasteiger partial charge in [0.05, 0.1) is 4.90 Å². The molecule has 0 saturated carbocycles. The number of likely N-dealkylation sites (N-methyl/N-ethyl adjacent to an activating group) is 1. The summed E-state index contributed by atoms with van der Waals surface area (Å²) in [4.78, 5) is 11.6. The second-order valence-electron chi connectivity index (χ2n) is 5.98. The first-order valence-corrected chi connectivity index (χ1v) is 9.73. The van der Waals surface area contributed by atoms with E-state index in [0.29, 0.717) is 16.3 Å². The van der Waals surface area contributed by atoms with E-state index in [9.17, 15) is 13.2 Å². The van der Waals surface area contributed by atoms with Gasteiger partial charge < -0.3 is 0 Å². The molecule has 0 atom stereocenters. The van der Waals surface area contributed by atoms with Gasteiger partial charge in [0.1, 0.15) is 5.69 Å². The molecule has 3 rings (SSSR count). The molecule has 8 nitrogen and oxygen atoms in total. The number of rotatable bonds is 5. The van der Waals surface area contributed by atoms with Crippen LogP contribution in [-0.2, 0) is 14.8 Å². The van der Waals surface area contributed by atoms with Gasteiger partial charge in [-0.25, -0.2) is 23.3 Å². The molecule has 0 saturated heterocycles. The fourth-order valence-corrected chi connectivity index (χ4v) is 3.08. The molecule has 144 valence electrons. The molecule has 0 radical (unpaired) electrons. The van der Waals surface area contributed by atoms with Gasteiger partial charge >= 0.3 is 0 Å². The zero-order chi connectivity index (χ0) is 20.3. The van der Waals surface area contributed by atoms with Crippen LogP contribution in [0.15, 0.2) is 71.8 Å². The van der Waals surface area contributed by atoms with E-state index >= 15 is 0 Å². The number of carbonyl (C=O) groups is 1. The first kappa shape index (κ1) is 19.5. The summed E-state index contributed by atoms with van der Waals surface area (Å²) in [6, 6.07) is 15.6. The van der Waals surface area contributed by atoms with Crippen LogP contribution < -0.4 is 5.14 Å². The lowest BCUT2D eigenvalue weighted by Crippen LogP contribution is -2.19. The molecule has 28 heavy (non-hydrogen) atoms. The molecule has 1 heterocycles. The van der Waals surface area contributed by atoms with Gasteiger partial charge in [-0.2, -0.15) is 5.10 Å². The average Bonchev–Trinajstić information content (AvgIpc) is 3.10. The number of nitrogens with two attached hydrogens (primary N) is 1. The third kappa shape index (κ3) is 4.34. The summed E-state index contributed by atoms with van der Waals surface area (Å²) in [7, 11) is -2.56. The number of nitrogens with zero attached hydrogens (tertiary/aromatic N) is 3. The zero-order valence-corrected chi connectivity index (χ0v) is 15.7. The maximum Gasteiger partial charge on any atom is 0.271 e. The fourth-order valence-electron chi connectivity index (χ4n) is 2.56. The lowest BCUT2D eigenvalue weighted by molar-refractivity contribution is -0.153. The van der Waals surface area contributed by atoms with Gasteiger partial charge in [-0.3, -0.25) is 10.0 Å². The molecule has 0 unspecified atom stereocenters. The van der Waals surface area contributed by atoms with Crippen molar-refractivity contribution in [3.63, 3.8) is 0 Å². The second-order valence-corrected chi connectivity index (χ2v) is 7.55. The number of aromatic nitrogens is 2. The number of sulfonamides is 1. The van der Waals surface area contributed by atoms with Crippen LogP contribution in [0.3, 0.4) is 0 Å². The first-order valence-electron chi connectivity index (χ1n) is 8.18. The SMILES string of the molecule is CN(O)C(=O)/C=C/n1cc(-c2ccccc2)c(-c2ccc(S(N)(=O)=O)cc2)n1. The smallest absolute Gasteiger partial charge is 0.271 e. The van der Waals surface area contributed by atoms with E-state index in [1.165, 1.54) is 36.1 Å². The maximum atomic E-state index is 11.6. The molecule has 3 aromatic rings. The molecule has 0 fully saturated rings. The molecule has 0 aliphatic rings. The third-order valence-corrected chi connectivity index (χ3v) is 4.89. The van der Waals surface area contributed by atoms with Gasteiger partial charge in [0.2, 0.25) is 10.0 Å². The zero-order valence-electron chi connectivity index (χ0n) is 14.9. The Morgan fingerprint density at radius 1 is 1.11 bits per heavy atom. The molecular formula is C19H18N4O4S. The van der Waals surface area contributed by atoms with E-state index in [0.717, 1.165) is 11.1 Å². The van der Waals surface area contributed by atoms with Crippen molar-refractivity contribution in [3.05, 3.63) is 66.9 Å². The van der Waals surface area contributed by atoms with Crippen LogP contribution in [0.5, 0.6) is 0 Å². The van der Waals surface area contributed by atoms with Gasteiger partial charge in [-0.1, -0.05) is 42.5 Å². The lowest BCUT2D eigenvalue weighted by atomic mass is 10.0. The highest BCUT2D eigenvalue weighted by atomic mass is 32.2. The average molecular weight is 398 g/mol. The summed E-state index contributed by atoms with van der Waals surface area (Å²) >= 11 is 0. The van der Waals surface area contributed by atoms with Crippen LogP contribution in [0.25, 0.3) is 28.6 Å². The van der Waals surface area contributed by atoms with Gasteiger partial charge in [0, 0.05) is 36.6 Å². The van der Waals surface area contributed by atoms with Crippen molar-refractivity contribution in [2.45, 2.75) is 4.90 Å². The molecule has 1 amide bonds. The summed E-state index contributed by atoms with van der Waals surface area (Å²) in [5.74, 6) is -0.601. The maximum absolute atomic E-state index is 11.6. The van der Waals surface area contributed by atoms with Gasteiger partial charge in [-0.15, -0.1) is 0 Å². The van der Waals surface area contributed by atoms with Crippen LogP contribution in [0.1, 0.15) is 0 Å². The highest BCUT2D eigenvalue weighted by Crippen LogP contribution is 2.31. The van der Waals surface area contributed by atoms with Crippen molar-refractivity contribution in [2.24, 2.45) is 5.14 Å². The molecule has 2 aromatic carbocycles. The van der Waals surface area contributed by atoms with Gasteiger partial charge in [0.15, 0.2) is 0 Å². The van der Waals surface area contributed by atoms with E-state index in [1.54, 1.807) is 18.3 Å². The Balaban J connectivity index is 2.07. The van der Waals surface area contributed by atoms with Crippen LogP contribution in [-0.4, -0.2) is 41.4 Å². The monoisotopic (exact) mass is 398 g/mol. The lowest BCUT2D eigenvalue weighted by Gasteiger charge is -2.04. The molecule has 0 spiro atoms. The van der Waals surface area contributed by atoms with E-state index in [4.69, 9.17) is 10.3 Å². The van der Waals surface area contributed by atoms with Crippen molar-refractivity contribution in [3.8, 4) is 22.4 Å². The number of hydrogen-bond acceptors (Lipinski definition) is 5. The summed E-state index contributed by atoms with van der Waals surface area (Å²) < 4.78 is 24.4. The summed E-state index contributed by atoms with van der Waals surface area (Å²) in [5, 5.41) is 19.2. The molecule has 3 N–H and O–H groups in total. The van der Waals surface area contributed by atoms with Gasteiger partial charge in [-0.05, 0) is 17.7 Å². The summed E-state index contributed by atoms with van der Waals surface area (Å²) in [5.41, 5.74) is 2.97. The Morgan fingerprint density at radius 3 is 2.32 bits per heavy atom. The number of hydroxylamine groups is 2. The van der Waals surface area contributed by atoms with Crippen molar-refractivity contribution in [2.75, 3.05) is 7.05 Å². The van der Waals surface area contributed by atoms with E-state index < -0.39 is 15.9 Å². The predicted octanol–water partition coefficient (Wildman–Crippen LogP) is 2.18. The minimum absolute atomic E-state index is 0.00780. The molecule has 1 aromatic heterocycles. The second kappa shape index (κ2) is 7.77. The minimum Gasteiger partial charge on any atom is -0.286 e. The summed E-state index contributed by atoms with van der Waals surface area (Å²) in [6.07, 6.45) is 4.33. The number of amides is 1. The number of benzene rings is 2. The normalized spacial score (nSPS) is 11.7. The van der Waals surface area contributed by atoms with Crippen LogP contribution in [0.2, 0.25) is 0 Å². The Kier molecular flexibility index (Phi) is 5.41. The van der Waals surface area contributed by atoms with E-state index in [-0.39, 0.29) is 4.90 Å².